The van der Waals surface area contributed by atoms with E-state index in [0.717, 1.165) is 22.7 Å². The van der Waals surface area contributed by atoms with Gasteiger partial charge in [-0.15, -0.1) is 5.10 Å². The lowest BCUT2D eigenvalue weighted by molar-refractivity contribution is -0.137. The maximum atomic E-state index is 14.2. The Balaban J connectivity index is 1.22. The molecule has 6 heterocycles. The Kier molecular flexibility index (Phi) is 8.19. The first-order valence-electron chi connectivity index (χ1n) is 15.3. The van der Waals surface area contributed by atoms with Crippen LogP contribution in [0.3, 0.4) is 0 Å². The molecule has 7 rings (SSSR count). The smallest absolute Gasteiger partial charge is 0.416 e. The predicted molar refractivity (Wildman–Crippen MR) is 165 cm³/mol. The van der Waals surface area contributed by atoms with E-state index in [0.29, 0.717) is 32.0 Å². The summed E-state index contributed by atoms with van der Waals surface area (Å²) in [5.74, 6) is -1.11. The van der Waals surface area contributed by atoms with Gasteiger partial charge >= 0.3 is 6.18 Å². The largest absolute Gasteiger partial charge is 0.504 e. The number of carbonyl (C=O) groups is 2. The number of carbonyl (C=O) groups excluding carboxylic acids is 2. The van der Waals surface area contributed by atoms with Crippen LogP contribution < -0.4 is 15.8 Å². The maximum Gasteiger partial charge on any atom is 0.416 e. The zero-order valence-electron chi connectivity index (χ0n) is 26.0. The average molecular weight is 704 g/mol. The second-order valence-electron chi connectivity index (χ2n) is 11.9. The van der Waals surface area contributed by atoms with E-state index in [9.17, 15) is 32.7 Å². The van der Waals surface area contributed by atoms with Crippen LogP contribution in [0.1, 0.15) is 45.8 Å². The Morgan fingerprint density at radius 3 is 2.55 bits per heavy atom. The Labute approximate surface area is 280 Å². The van der Waals surface area contributed by atoms with Crippen molar-refractivity contribution < 1.29 is 37.3 Å². The third kappa shape index (κ3) is 5.82. The zero-order valence-corrected chi connectivity index (χ0v) is 26.7. The Hall–Kier alpha value is -4.81. The maximum absolute atomic E-state index is 14.2. The monoisotopic (exact) mass is 703 g/mol. The molecular formula is C30H29ClF3N9O6. The number of nitrogens with one attached hydrogen (secondary N) is 1. The SMILES string of the molecule is Cc1ncnc(C(=O)N2CCC3(CC2)OCc2c3c(=O)n3nc(N4CCOCC4)nc3n2CC(=O)Nc2ccc(C(F)(F)F)cc2Cl)c1O. The van der Waals surface area contributed by atoms with Crippen molar-refractivity contribution in [3.05, 3.63) is 68.1 Å². The second-order valence-corrected chi connectivity index (χ2v) is 12.3. The molecule has 2 amide bonds. The van der Waals surface area contributed by atoms with E-state index in [1.54, 1.807) is 6.92 Å². The van der Waals surface area contributed by atoms with E-state index in [1.807, 2.05) is 4.90 Å². The summed E-state index contributed by atoms with van der Waals surface area (Å²) in [6, 6.07) is 2.60. The minimum absolute atomic E-state index is 0.0291. The Morgan fingerprint density at radius 1 is 1.12 bits per heavy atom. The van der Waals surface area contributed by atoms with E-state index in [-0.39, 0.29) is 77.7 Å². The number of rotatable bonds is 5. The third-order valence-electron chi connectivity index (χ3n) is 9.01. The van der Waals surface area contributed by atoms with Gasteiger partial charge in [0.1, 0.15) is 18.5 Å². The molecule has 0 atom stereocenters. The van der Waals surface area contributed by atoms with Crippen LogP contribution in [0, 0.1) is 6.92 Å². The number of alkyl halides is 3. The van der Waals surface area contributed by atoms with Gasteiger partial charge in [0.15, 0.2) is 11.4 Å². The molecule has 3 aliphatic rings. The molecule has 0 aliphatic carbocycles. The van der Waals surface area contributed by atoms with Gasteiger partial charge in [0.25, 0.3) is 11.5 Å². The molecule has 19 heteroatoms. The molecule has 2 N–H and O–H groups in total. The number of hydrogen-bond acceptors (Lipinski definition) is 11. The van der Waals surface area contributed by atoms with Crippen molar-refractivity contribution in [1.29, 1.82) is 0 Å². The average Bonchev–Trinajstić information content (AvgIpc) is 3.69. The lowest BCUT2D eigenvalue weighted by Crippen LogP contribution is -2.47. The topological polar surface area (TPSA) is 169 Å². The lowest BCUT2D eigenvalue weighted by Gasteiger charge is -2.38. The highest BCUT2D eigenvalue weighted by atomic mass is 35.5. The van der Waals surface area contributed by atoms with E-state index in [2.05, 4.69) is 25.4 Å². The van der Waals surface area contributed by atoms with Gasteiger partial charge in [-0.2, -0.15) is 22.7 Å². The van der Waals surface area contributed by atoms with Crippen LogP contribution in [0.2, 0.25) is 5.02 Å². The minimum Gasteiger partial charge on any atom is -0.504 e. The summed E-state index contributed by atoms with van der Waals surface area (Å²) in [5.41, 5.74) is -1.81. The van der Waals surface area contributed by atoms with Crippen LogP contribution in [0.4, 0.5) is 24.8 Å². The van der Waals surface area contributed by atoms with Crippen molar-refractivity contribution in [2.45, 2.75) is 44.7 Å². The molecule has 1 spiro atoms. The van der Waals surface area contributed by atoms with Crippen molar-refractivity contribution in [3.8, 4) is 5.75 Å². The molecule has 1 aromatic carbocycles. The number of fused-ring (bicyclic) bond motifs is 3. The molecule has 4 aromatic rings. The number of nitrogens with zero attached hydrogens (tertiary/aromatic N) is 8. The fraction of sp³-hybridized carbons (Fsp3) is 0.433. The number of piperidine rings is 1. The van der Waals surface area contributed by atoms with Crippen LogP contribution in [0.15, 0.2) is 29.3 Å². The summed E-state index contributed by atoms with van der Waals surface area (Å²) in [6.07, 6.45) is -2.98. The summed E-state index contributed by atoms with van der Waals surface area (Å²) < 4.78 is 53.9. The number of anilines is 2. The Bertz CT molecular complexity index is 2040. The second kappa shape index (κ2) is 12.3. The van der Waals surface area contributed by atoms with E-state index in [4.69, 9.17) is 21.1 Å². The summed E-state index contributed by atoms with van der Waals surface area (Å²) in [4.78, 5) is 56.7. The summed E-state index contributed by atoms with van der Waals surface area (Å²) >= 11 is 6.09. The van der Waals surface area contributed by atoms with Gasteiger partial charge in [0.05, 0.1) is 53.0 Å². The quantitative estimate of drug-likeness (QED) is 0.313. The predicted octanol–water partition coefficient (Wildman–Crippen LogP) is 2.50. The lowest BCUT2D eigenvalue weighted by atomic mass is 9.85. The number of ether oxygens (including phenoxy) is 2. The van der Waals surface area contributed by atoms with Crippen molar-refractivity contribution >= 4 is 40.8 Å². The number of hydrogen-bond donors (Lipinski definition) is 2. The summed E-state index contributed by atoms with van der Waals surface area (Å²) in [6.45, 7) is 3.27. The van der Waals surface area contributed by atoms with Gasteiger partial charge in [0, 0.05) is 26.2 Å². The summed E-state index contributed by atoms with van der Waals surface area (Å²) in [5, 5.41) is 17.1. The normalized spacial score (nSPS) is 17.5. The van der Waals surface area contributed by atoms with E-state index in [1.165, 1.54) is 15.8 Å². The highest BCUT2D eigenvalue weighted by Crippen LogP contribution is 2.43. The first kappa shape index (κ1) is 32.7. The van der Waals surface area contributed by atoms with Crippen molar-refractivity contribution in [2.75, 3.05) is 49.6 Å². The van der Waals surface area contributed by atoms with E-state index >= 15 is 0 Å². The standard InChI is InChI=1S/C30H29ClF3N9O6/c1-16-24(45)23(36-15-35-16)26(47)40-6-4-29(5-7-40)22-20(14-49-29)42(13-21(44)37-19-3-2-17(12-18(19)31)30(32,33)34)28-38-27(39-43(28)25(22)46)41-8-10-48-11-9-41/h2-3,12,15,45H,4-11,13-14H2,1H3,(H,37,44). The number of aromatic hydroxyl groups is 1. The molecule has 0 unspecified atom stereocenters. The molecule has 3 aromatic heterocycles. The van der Waals surface area contributed by atoms with Crippen molar-refractivity contribution in [1.82, 2.24) is 34.0 Å². The fourth-order valence-corrected chi connectivity index (χ4v) is 6.63. The number of morpholine rings is 1. The van der Waals surface area contributed by atoms with Crippen LogP contribution in [0.5, 0.6) is 5.75 Å². The van der Waals surface area contributed by atoms with Crippen LogP contribution in [0.25, 0.3) is 5.78 Å². The number of amides is 2. The molecular weight excluding hydrogens is 675 g/mol. The number of aromatic nitrogens is 6. The molecule has 0 bridgehead atoms. The molecule has 3 aliphatic heterocycles. The van der Waals surface area contributed by atoms with Crippen LogP contribution in [-0.2, 0) is 39.2 Å². The third-order valence-corrected chi connectivity index (χ3v) is 9.33. The number of benzene rings is 1. The molecule has 2 fully saturated rings. The Morgan fingerprint density at radius 2 is 1.86 bits per heavy atom. The first-order valence-corrected chi connectivity index (χ1v) is 15.7. The van der Waals surface area contributed by atoms with Gasteiger partial charge in [-0.1, -0.05) is 11.6 Å². The van der Waals surface area contributed by atoms with Crippen LogP contribution >= 0.6 is 11.6 Å². The number of aryl methyl sites for hydroxylation is 1. The first-order chi connectivity index (χ1) is 23.4. The molecule has 2 saturated heterocycles. The van der Waals surface area contributed by atoms with Gasteiger partial charge in [-0.25, -0.2) is 9.97 Å². The van der Waals surface area contributed by atoms with Crippen LogP contribution in [-0.4, -0.2) is 90.3 Å². The van der Waals surface area contributed by atoms with Crippen molar-refractivity contribution in [3.63, 3.8) is 0 Å². The fourth-order valence-electron chi connectivity index (χ4n) is 6.40. The molecule has 15 nitrogen and oxygen atoms in total. The van der Waals surface area contributed by atoms with Gasteiger partial charge in [-0.3, -0.25) is 14.4 Å². The molecule has 49 heavy (non-hydrogen) atoms. The molecule has 0 saturated carbocycles. The van der Waals surface area contributed by atoms with Crippen molar-refractivity contribution in [2.24, 2.45) is 0 Å². The highest BCUT2D eigenvalue weighted by molar-refractivity contribution is 6.33. The highest BCUT2D eigenvalue weighted by Gasteiger charge is 2.48. The molecule has 0 radical (unpaired) electrons. The number of halogens is 4. The molecule has 258 valence electrons. The van der Waals surface area contributed by atoms with E-state index < -0.39 is 41.3 Å². The minimum atomic E-state index is -4.61. The number of likely N-dealkylation sites (tertiary alicyclic amines) is 1. The zero-order chi connectivity index (χ0) is 34.7. The summed E-state index contributed by atoms with van der Waals surface area (Å²) in [7, 11) is 0. The van der Waals surface area contributed by atoms with Gasteiger partial charge in [-0.05, 0) is 38.0 Å². The van der Waals surface area contributed by atoms with Gasteiger partial charge < -0.3 is 34.3 Å². The van der Waals surface area contributed by atoms with Gasteiger partial charge in [0.2, 0.25) is 17.6 Å².